The lowest BCUT2D eigenvalue weighted by atomic mass is 9.94. The highest BCUT2D eigenvalue weighted by Gasteiger charge is 2.22. The Balaban J connectivity index is 2.37. The molecule has 0 fully saturated rings. The minimum atomic E-state index is -0.291. The number of aryl methyl sites for hydroxylation is 1. The Morgan fingerprint density at radius 1 is 1.42 bits per heavy atom. The number of aromatic hydroxyl groups is 1. The number of rotatable bonds is 4. The number of aromatic nitrogens is 2. The normalized spacial score (nSPS) is 12.1. The van der Waals surface area contributed by atoms with Crippen molar-refractivity contribution in [3.05, 3.63) is 48.0 Å². The molecule has 5 nitrogen and oxygen atoms in total. The summed E-state index contributed by atoms with van der Waals surface area (Å²) in [5.74, 6) is 0.505. The lowest BCUT2D eigenvalue weighted by Crippen LogP contribution is -2.13. The summed E-state index contributed by atoms with van der Waals surface area (Å²) in [6.07, 6.45) is 3.74. The van der Waals surface area contributed by atoms with Crippen molar-refractivity contribution in [1.29, 1.82) is 0 Å². The van der Waals surface area contributed by atoms with Gasteiger partial charge in [0.2, 0.25) is 0 Å². The molecule has 1 aromatic heterocycles. The van der Waals surface area contributed by atoms with Gasteiger partial charge in [0.1, 0.15) is 11.6 Å². The quantitative estimate of drug-likeness (QED) is 0.852. The van der Waals surface area contributed by atoms with E-state index in [2.05, 4.69) is 4.98 Å². The summed E-state index contributed by atoms with van der Waals surface area (Å²) >= 11 is 0. The van der Waals surface area contributed by atoms with E-state index >= 15 is 0 Å². The Labute approximate surface area is 111 Å². The van der Waals surface area contributed by atoms with E-state index in [4.69, 9.17) is 4.74 Å². The summed E-state index contributed by atoms with van der Waals surface area (Å²) in [6.45, 7) is 0. The molecule has 0 aliphatic rings. The van der Waals surface area contributed by atoms with E-state index in [-0.39, 0.29) is 24.1 Å². The van der Waals surface area contributed by atoms with E-state index in [0.717, 1.165) is 11.4 Å². The average molecular weight is 260 g/mol. The van der Waals surface area contributed by atoms with E-state index in [1.165, 1.54) is 7.11 Å². The van der Waals surface area contributed by atoms with Crippen LogP contribution in [-0.4, -0.2) is 27.7 Å². The first kappa shape index (κ1) is 13.1. The van der Waals surface area contributed by atoms with Crippen molar-refractivity contribution >= 4 is 5.97 Å². The highest BCUT2D eigenvalue weighted by Crippen LogP contribution is 2.28. The van der Waals surface area contributed by atoms with Crippen molar-refractivity contribution in [1.82, 2.24) is 9.55 Å². The van der Waals surface area contributed by atoms with Crippen LogP contribution in [0.1, 0.15) is 23.7 Å². The number of carbonyl (C=O) groups is 1. The Kier molecular flexibility index (Phi) is 3.85. The zero-order valence-electron chi connectivity index (χ0n) is 10.9. The van der Waals surface area contributed by atoms with Crippen molar-refractivity contribution < 1.29 is 14.6 Å². The first-order chi connectivity index (χ1) is 9.11. The molecular formula is C14H16N2O3. The molecule has 0 radical (unpaired) electrons. The monoisotopic (exact) mass is 260 g/mol. The van der Waals surface area contributed by atoms with Gasteiger partial charge in [-0.05, 0) is 17.7 Å². The van der Waals surface area contributed by atoms with Gasteiger partial charge < -0.3 is 14.4 Å². The average Bonchev–Trinajstić information content (AvgIpc) is 2.83. The second kappa shape index (κ2) is 5.56. The topological polar surface area (TPSA) is 64.3 Å². The Morgan fingerprint density at radius 3 is 2.63 bits per heavy atom. The molecule has 0 aliphatic carbocycles. The van der Waals surface area contributed by atoms with E-state index in [1.807, 2.05) is 17.8 Å². The summed E-state index contributed by atoms with van der Waals surface area (Å²) in [6, 6.07) is 6.78. The van der Waals surface area contributed by atoms with E-state index in [1.54, 1.807) is 30.5 Å². The van der Waals surface area contributed by atoms with Crippen LogP contribution in [0, 0.1) is 0 Å². The minimum absolute atomic E-state index is 0.187. The fraction of sp³-hybridized carbons (Fsp3) is 0.286. The third-order valence-corrected chi connectivity index (χ3v) is 3.06. The highest BCUT2D eigenvalue weighted by atomic mass is 16.5. The van der Waals surface area contributed by atoms with Gasteiger partial charge in [0.15, 0.2) is 0 Å². The van der Waals surface area contributed by atoms with Crippen LogP contribution in [0.3, 0.4) is 0 Å². The standard InChI is InChI=1S/C14H16N2O3/c1-16-8-7-15-14(16)12(9-13(18)19-2)10-3-5-11(17)6-4-10/h3-8,12,17H,9H2,1-2H3/t12-/m0/s1. The summed E-state index contributed by atoms with van der Waals surface area (Å²) < 4.78 is 6.61. The van der Waals surface area contributed by atoms with Crippen LogP contribution in [0.2, 0.25) is 0 Å². The summed E-state index contributed by atoms with van der Waals surface area (Å²) in [4.78, 5) is 15.9. The molecule has 0 bridgehead atoms. The van der Waals surface area contributed by atoms with Gasteiger partial charge in [0, 0.05) is 19.4 Å². The molecule has 1 heterocycles. The van der Waals surface area contributed by atoms with Crippen molar-refractivity contribution in [2.75, 3.05) is 7.11 Å². The Hall–Kier alpha value is -2.30. The first-order valence-electron chi connectivity index (χ1n) is 5.94. The largest absolute Gasteiger partial charge is 0.508 e. The maximum absolute atomic E-state index is 11.6. The summed E-state index contributed by atoms with van der Waals surface area (Å²) in [5, 5.41) is 9.34. The molecule has 0 unspecified atom stereocenters. The van der Waals surface area contributed by atoms with Gasteiger partial charge >= 0.3 is 5.97 Å². The van der Waals surface area contributed by atoms with Gasteiger partial charge in [0.25, 0.3) is 0 Å². The molecule has 1 atom stereocenters. The molecule has 0 aliphatic heterocycles. The van der Waals surface area contributed by atoms with Crippen LogP contribution in [0.25, 0.3) is 0 Å². The molecule has 19 heavy (non-hydrogen) atoms. The van der Waals surface area contributed by atoms with Crippen molar-refractivity contribution in [2.45, 2.75) is 12.3 Å². The first-order valence-corrected chi connectivity index (χ1v) is 5.94. The minimum Gasteiger partial charge on any atom is -0.508 e. The lowest BCUT2D eigenvalue weighted by molar-refractivity contribution is -0.140. The van der Waals surface area contributed by atoms with Crippen molar-refractivity contribution in [3.8, 4) is 5.75 Å². The SMILES string of the molecule is COC(=O)C[C@@H](c1ccc(O)cc1)c1nccn1C. The molecule has 2 rings (SSSR count). The van der Waals surface area contributed by atoms with Gasteiger partial charge in [-0.25, -0.2) is 4.98 Å². The fourth-order valence-electron chi connectivity index (χ4n) is 2.03. The predicted octanol–water partition coefficient (Wildman–Crippen LogP) is 1.82. The van der Waals surface area contributed by atoms with Gasteiger partial charge in [0.05, 0.1) is 19.4 Å². The zero-order valence-corrected chi connectivity index (χ0v) is 10.9. The molecular weight excluding hydrogens is 244 g/mol. The molecule has 0 amide bonds. The molecule has 0 saturated heterocycles. The highest BCUT2D eigenvalue weighted by molar-refractivity contribution is 5.71. The number of imidazole rings is 1. The van der Waals surface area contributed by atoms with Crippen LogP contribution in [0.15, 0.2) is 36.7 Å². The number of methoxy groups -OCH3 is 1. The molecule has 1 N–H and O–H groups in total. The van der Waals surface area contributed by atoms with E-state index < -0.39 is 0 Å². The number of nitrogens with zero attached hydrogens (tertiary/aromatic N) is 2. The van der Waals surface area contributed by atoms with Gasteiger partial charge in [-0.3, -0.25) is 4.79 Å². The van der Waals surface area contributed by atoms with Gasteiger partial charge in [-0.1, -0.05) is 12.1 Å². The van der Waals surface area contributed by atoms with Crippen LogP contribution >= 0.6 is 0 Å². The van der Waals surface area contributed by atoms with Crippen LogP contribution in [0.4, 0.5) is 0 Å². The van der Waals surface area contributed by atoms with E-state index in [0.29, 0.717) is 0 Å². The number of phenols is 1. The molecule has 1 aromatic carbocycles. The third kappa shape index (κ3) is 2.93. The molecule has 2 aromatic rings. The van der Waals surface area contributed by atoms with Gasteiger partial charge in [-0.2, -0.15) is 0 Å². The van der Waals surface area contributed by atoms with Crippen LogP contribution in [0.5, 0.6) is 5.75 Å². The third-order valence-electron chi connectivity index (χ3n) is 3.06. The van der Waals surface area contributed by atoms with Crippen molar-refractivity contribution in [2.24, 2.45) is 7.05 Å². The Morgan fingerprint density at radius 2 is 2.11 bits per heavy atom. The summed E-state index contributed by atoms with van der Waals surface area (Å²) in [7, 11) is 3.25. The number of ether oxygens (including phenoxy) is 1. The second-order valence-electron chi connectivity index (χ2n) is 4.32. The second-order valence-corrected chi connectivity index (χ2v) is 4.32. The Bertz CT molecular complexity index is 560. The number of benzene rings is 1. The van der Waals surface area contributed by atoms with Gasteiger partial charge in [-0.15, -0.1) is 0 Å². The molecule has 0 saturated carbocycles. The predicted molar refractivity (Wildman–Crippen MR) is 69.8 cm³/mol. The zero-order chi connectivity index (χ0) is 13.8. The fourth-order valence-corrected chi connectivity index (χ4v) is 2.03. The molecule has 100 valence electrons. The number of hydrogen-bond acceptors (Lipinski definition) is 4. The molecule has 5 heteroatoms. The number of hydrogen-bond donors (Lipinski definition) is 1. The summed E-state index contributed by atoms with van der Waals surface area (Å²) in [5.41, 5.74) is 0.914. The maximum atomic E-state index is 11.6. The van der Waals surface area contributed by atoms with Crippen LogP contribution in [-0.2, 0) is 16.6 Å². The number of esters is 1. The van der Waals surface area contributed by atoms with Crippen molar-refractivity contribution in [3.63, 3.8) is 0 Å². The lowest BCUT2D eigenvalue weighted by Gasteiger charge is -2.16. The maximum Gasteiger partial charge on any atom is 0.306 e. The smallest absolute Gasteiger partial charge is 0.306 e. The number of phenolic OH excluding ortho intramolecular Hbond substituents is 1. The molecule has 0 spiro atoms. The van der Waals surface area contributed by atoms with E-state index in [9.17, 15) is 9.90 Å². The number of carbonyl (C=O) groups excluding carboxylic acids is 1. The van der Waals surface area contributed by atoms with Crippen LogP contribution < -0.4 is 0 Å².